The van der Waals surface area contributed by atoms with Gasteiger partial charge >= 0.3 is 0 Å². The summed E-state index contributed by atoms with van der Waals surface area (Å²) in [7, 11) is 4.06. The van der Waals surface area contributed by atoms with E-state index < -0.39 is 0 Å². The molecule has 0 atom stereocenters. The molecule has 0 fully saturated rings. The van der Waals surface area contributed by atoms with E-state index in [4.69, 9.17) is 11.5 Å². The quantitative estimate of drug-likeness (QED) is 0.621. The largest absolute Gasteiger partial charge is 0.397 e. The van der Waals surface area contributed by atoms with Crippen LogP contribution in [0.4, 0.5) is 17.1 Å². The van der Waals surface area contributed by atoms with Gasteiger partial charge in [0, 0.05) is 13.1 Å². The van der Waals surface area contributed by atoms with Crippen LogP contribution in [-0.2, 0) is 0 Å². The number of benzene rings is 1. The lowest BCUT2D eigenvalue weighted by molar-refractivity contribution is 0.425. The first-order chi connectivity index (χ1) is 6.61. The number of likely N-dealkylation sites (N-methyl/N-ethyl adjacent to an activating group) is 1. The Balaban J connectivity index is 2.54. The van der Waals surface area contributed by atoms with Crippen LogP contribution in [0.3, 0.4) is 0 Å². The van der Waals surface area contributed by atoms with Crippen molar-refractivity contribution in [2.75, 3.05) is 44.0 Å². The summed E-state index contributed by atoms with van der Waals surface area (Å²) in [5.74, 6) is 0. The van der Waals surface area contributed by atoms with Gasteiger partial charge < -0.3 is 21.7 Å². The van der Waals surface area contributed by atoms with E-state index in [2.05, 4.69) is 10.2 Å². The van der Waals surface area contributed by atoms with Crippen molar-refractivity contribution >= 4 is 17.1 Å². The molecular formula is C10H18N4. The van der Waals surface area contributed by atoms with E-state index in [-0.39, 0.29) is 0 Å². The zero-order valence-electron chi connectivity index (χ0n) is 8.75. The van der Waals surface area contributed by atoms with Gasteiger partial charge in [-0.3, -0.25) is 0 Å². The van der Waals surface area contributed by atoms with Gasteiger partial charge in [-0.05, 0) is 26.2 Å². The maximum atomic E-state index is 5.80. The fraction of sp³-hybridized carbons (Fsp3) is 0.400. The normalized spacial score (nSPS) is 10.5. The van der Waals surface area contributed by atoms with Crippen molar-refractivity contribution in [1.82, 2.24) is 4.90 Å². The van der Waals surface area contributed by atoms with Crippen LogP contribution in [0.1, 0.15) is 0 Å². The Labute approximate surface area is 84.9 Å². The average molecular weight is 194 g/mol. The van der Waals surface area contributed by atoms with Gasteiger partial charge in [0.2, 0.25) is 0 Å². The van der Waals surface area contributed by atoms with E-state index in [1.165, 1.54) is 0 Å². The summed E-state index contributed by atoms with van der Waals surface area (Å²) in [6.07, 6.45) is 0. The third-order valence-corrected chi connectivity index (χ3v) is 2.01. The number of hydrogen-bond acceptors (Lipinski definition) is 4. The van der Waals surface area contributed by atoms with Crippen LogP contribution in [-0.4, -0.2) is 32.1 Å². The maximum absolute atomic E-state index is 5.80. The molecule has 14 heavy (non-hydrogen) atoms. The number of nitrogens with one attached hydrogen (secondary N) is 1. The highest BCUT2D eigenvalue weighted by Crippen LogP contribution is 2.23. The molecule has 4 heteroatoms. The molecule has 0 aromatic heterocycles. The molecule has 0 spiro atoms. The Bertz CT molecular complexity index is 296. The second-order valence-electron chi connectivity index (χ2n) is 3.54. The Morgan fingerprint density at radius 1 is 1.29 bits per heavy atom. The SMILES string of the molecule is CN(C)CCNc1cccc(N)c1N. The molecule has 0 aliphatic heterocycles. The van der Waals surface area contributed by atoms with Crippen LogP contribution < -0.4 is 16.8 Å². The van der Waals surface area contributed by atoms with E-state index in [0.717, 1.165) is 18.8 Å². The van der Waals surface area contributed by atoms with Crippen molar-refractivity contribution in [3.05, 3.63) is 18.2 Å². The fourth-order valence-corrected chi connectivity index (χ4v) is 1.15. The lowest BCUT2D eigenvalue weighted by Gasteiger charge is -2.13. The first-order valence-electron chi connectivity index (χ1n) is 4.64. The third kappa shape index (κ3) is 2.81. The van der Waals surface area contributed by atoms with Crippen LogP contribution in [0, 0.1) is 0 Å². The van der Waals surface area contributed by atoms with Crippen molar-refractivity contribution in [3.63, 3.8) is 0 Å². The number of nitrogens with two attached hydrogens (primary N) is 2. The topological polar surface area (TPSA) is 67.3 Å². The highest BCUT2D eigenvalue weighted by molar-refractivity contribution is 5.78. The zero-order valence-corrected chi connectivity index (χ0v) is 8.75. The fourth-order valence-electron chi connectivity index (χ4n) is 1.15. The summed E-state index contributed by atoms with van der Waals surface area (Å²) in [6, 6.07) is 5.62. The van der Waals surface area contributed by atoms with Crippen LogP contribution in [0.2, 0.25) is 0 Å². The number of nitrogen functional groups attached to an aromatic ring is 2. The summed E-state index contributed by atoms with van der Waals surface area (Å²) in [5.41, 5.74) is 13.6. The van der Waals surface area contributed by atoms with Crippen molar-refractivity contribution in [1.29, 1.82) is 0 Å². The van der Waals surface area contributed by atoms with Crippen LogP contribution >= 0.6 is 0 Å². The Morgan fingerprint density at radius 3 is 2.64 bits per heavy atom. The number of hydrogen-bond donors (Lipinski definition) is 3. The average Bonchev–Trinajstić information content (AvgIpc) is 2.12. The standard InChI is InChI=1S/C10H18N4/c1-14(2)7-6-13-9-5-3-4-8(11)10(9)12/h3-5,13H,6-7,11-12H2,1-2H3. The van der Waals surface area contributed by atoms with E-state index in [9.17, 15) is 0 Å². The number of para-hydroxylation sites is 1. The highest BCUT2D eigenvalue weighted by atomic mass is 15.1. The van der Waals surface area contributed by atoms with Crippen molar-refractivity contribution < 1.29 is 0 Å². The van der Waals surface area contributed by atoms with Crippen LogP contribution in [0.15, 0.2) is 18.2 Å². The molecule has 78 valence electrons. The second-order valence-corrected chi connectivity index (χ2v) is 3.54. The monoisotopic (exact) mass is 194 g/mol. The molecule has 4 nitrogen and oxygen atoms in total. The first kappa shape index (κ1) is 10.7. The zero-order chi connectivity index (χ0) is 10.6. The minimum atomic E-state index is 0.625. The Hall–Kier alpha value is -1.42. The van der Waals surface area contributed by atoms with Gasteiger partial charge in [0.05, 0.1) is 17.1 Å². The molecule has 0 saturated carbocycles. The third-order valence-electron chi connectivity index (χ3n) is 2.01. The van der Waals surface area contributed by atoms with Gasteiger partial charge in [0.25, 0.3) is 0 Å². The van der Waals surface area contributed by atoms with Gasteiger partial charge in [-0.15, -0.1) is 0 Å². The number of rotatable bonds is 4. The molecule has 0 aliphatic carbocycles. The second kappa shape index (κ2) is 4.72. The van der Waals surface area contributed by atoms with E-state index >= 15 is 0 Å². The smallest absolute Gasteiger partial charge is 0.0783 e. The molecule has 0 amide bonds. The minimum absolute atomic E-state index is 0.625. The van der Waals surface area contributed by atoms with Crippen LogP contribution in [0.25, 0.3) is 0 Å². The molecule has 1 aromatic carbocycles. The summed E-state index contributed by atoms with van der Waals surface area (Å²) in [4.78, 5) is 2.11. The summed E-state index contributed by atoms with van der Waals surface area (Å²) in [5, 5.41) is 3.24. The summed E-state index contributed by atoms with van der Waals surface area (Å²) >= 11 is 0. The predicted molar refractivity (Wildman–Crippen MR) is 62.3 cm³/mol. The molecule has 0 heterocycles. The van der Waals surface area contributed by atoms with E-state index in [1.807, 2.05) is 26.2 Å². The lowest BCUT2D eigenvalue weighted by atomic mass is 10.2. The van der Waals surface area contributed by atoms with E-state index in [1.54, 1.807) is 6.07 Å². The molecule has 0 radical (unpaired) electrons. The maximum Gasteiger partial charge on any atom is 0.0783 e. The van der Waals surface area contributed by atoms with Crippen LogP contribution in [0.5, 0.6) is 0 Å². The number of anilines is 3. The summed E-state index contributed by atoms with van der Waals surface area (Å²) in [6.45, 7) is 1.83. The van der Waals surface area contributed by atoms with Gasteiger partial charge in [-0.25, -0.2) is 0 Å². The Morgan fingerprint density at radius 2 is 2.00 bits per heavy atom. The van der Waals surface area contributed by atoms with Gasteiger partial charge in [0.15, 0.2) is 0 Å². The predicted octanol–water partition coefficient (Wildman–Crippen LogP) is 0.825. The van der Waals surface area contributed by atoms with Gasteiger partial charge in [-0.1, -0.05) is 6.07 Å². The molecule has 0 bridgehead atoms. The van der Waals surface area contributed by atoms with Gasteiger partial charge in [-0.2, -0.15) is 0 Å². The molecule has 0 unspecified atom stereocenters. The van der Waals surface area contributed by atoms with Crippen molar-refractivity contribution in [3.8, 4) is 0 Å². The van der Waals surface area contributed by atoms with Gasteiger partial charge in [0.1, 0.15) is 0 Å². The molecular weight excluding hydrogens is 176 g/mol. The van der Waals surface area contributed by atoms with E-state index in [0.29, 0.717) is 11.4 Å². The van der Waals surface area contributed by atoms with Crippen molar-refractivity contribution in [2.45, 2.75) is 0 Å². The van der Waals surface area contributed by atoms with Crippen molar-refractivity contribution in [2.24, 2.45) is 0 Å². The number of nitrogens with zero attached hydrogens (tertiary/aromatic N) is 1. The molecule has 0 saturated heterocycles. The Kier molecular flexibility index (Phi) is 3.59. The molecule has 0 aliphatic rings. The molecule has 1 rings (SSSR count). The molecule has 5 N–H and O–H groups in total. The summed E-state index contributed by atoms with van der Waals surface area (Å²) < 4.78 is 0. The first-order valence-corrected chi connectivity index (χ1v) is 4.64. The molecule has 1 aromatic rings. The lowest BCUT2D eigenvalue weighted by Crippen LogP contribution is -2.21. The minimum Gasteiger partial charge on any atom is -0.397 e. The highest BCUT2D eigenvalue weighted by Gasteiger charge is 2.00.